The summed E-state index contributed by atoms with van der Waals surface area (Å²) in [5.74, 6) is 0.555. The van der Waals surface area contributed by atoms with Gasteiger partial charge in [0.25, 0.3) is 5.89 Å². The van der Waals surface area contributed by atoms with E-state index < -0.39 is 0 Å². The highest BCUT2D eigenvalue weighted by atomic mass is 32.1. The zero-order valence-corrected chi connectivity index (χ0v) is 19.4. The Morgan fingerprint density at radius 3 is 2.47 bits per heavy atom. The predicted octanol–water partition coefficient (Wildman–Crippen LogP) is 5.90. The van der Waals surface area contributed by atoms with Crippen LogP contribution in [0.1, 0.15) is 56.7 Å². The number of nitrogens with one attached hydrogen (secondary N) is 1. The summed E-state index contributed by atoms with van der Waals surface area (Å²) in [5.41, 5.74) is 4.96. The van der Waals surface area contributed by atoms with E-state index in [-0.39, 0.29) is 11.9 Å². The van der Waals surface area contributed by atoms with E-state index in [1.807, 2.05) is 6.92 Å². The fourth-order valence-electron chi connectivity index (χ4n) is 3.89. The van der Waals surface area contributed by atoms with E-state index in [4.69, 9.17) is 16.7 Å². The summed E-state index contributed by atoms with van der Waals surface area (Å²) in [6.45, 7) is 7.16. The molecule has 1 unspecified atom stereocenters. The molecule has 3 aromatic rings. The smallest absolute Gasteiger partial charge is 0.258 e. The number of benzene rings is 2. The SMILES string of the molecule is CCCCN1C(=S)NC(c2ccc(CC)cc2)C(c2nc(-c3ccc(F)cc3)no2)=C1C. The molecule has 1 N–H and O–H groups in total. The van der Waals surface area contributed by atoms with E-state index in [0.29, 0.717) is 22.4 Å². The Kier molecular flexibility index (Phi) is 6.65. The Balaban J connectivity index is 1.77. The first kappa shape index (κ1) is 22.1. The van der Waals surface area contributed by atoms with Gasteiger partial charge in [-0.05, 0) is 67.4 Å². The second-order valence-corrected chi connectivity index (χ2v) is 8.30. The molecule has 2 aromatic carbocycles. The van der Waals surface area contributed by atoms with Gasteiger partial charge in [0.1, 0.15) is 5.82 Å². The van der Waals surface area contributed by atoms with E-state index in [9.17, 15) is 4.39 Å². The number of aromatic nitrogens is 2. The quantitative estimate of drug-likeness (QED) is 0.452. The zero-order chi connectivity index (χ0) is 22.7. The Labute approximate surface area is 193 Å². The molecule has 0 saturated carbocycles. The molecular weight excluding hydrogens is 423 g/mol. The molecule has 5 nitrogen and oxygen atoms in total. The highest BCUT2D eigenvalue weighted by Crippen LogP contribution is 2.37. The minimum atomic E-state index is -0.303. The number of hydrogen-bond acceptors (Lipinski definition) is 4. The van der Waals surface area contributed by atoms with Crippen molar-refractivity contribution in [1.82, 2.24) is 20.4 Å². The molecule has 7 heteroatoms. The van der Waals surface area contributed by atoms with E-state index in [1.54, 1.807) is 12.1 Å². The summed E-state index contributed by atoms with van der Waals surface area (Å²) in [4.78, 5) is 6.77. The van der Waals surface area contributed by atoms with E-state index in [2.05, 4.69) is 58.5 Å². The lowest BCUT2D eigenvalue weighted by Crippen LogP contribution is -2.46. The molecule has 32 heavy (non-hydrogen) atoms. The molecule has 0 amide bonds. The number of nitrogens with zero attached hydrogens (tertiary/aromatic N) is 3. The maximum Gasteiger partial charge on any atom is 0.258 e. The lowest BCUT2D eigenvalue weighted by atomic mass is 9.93. The van der Waals surface area contributed by atoms with Gasteiger partial charge in [0.05, 0.1) is 11.6 Å². The van der Waals surface area contributed by atoms with Gasteiger partial charge in [-0.25, -0.2) is 4.39 Å². The molecule has 0 fully saturated rings. The number of unbranched alkanes of at least 4 members (excludes halogenated alkanes) is 1. The minimum Gasteiger partial charge on any atom is -0.351 e. The monoisotopic (exact) mass is 450 g/mol. The molecular formula is C25H27FN4OS. The average Bonchev–Trinajstić information content (AvgIpc) is 3.29. The molecule has 1 aliphatic rings. The lowest BCUT2D eigenvalue weighted by Gasteiger charge is -2.37. The summed E-state index contributed by atoms with van der Waals surface area (Å²) in [5, 5.41) is 8.35. The van der Waals surface area contributed by atoms with Crippen molar-refractivity contribution in [1.29, 1.82) is 0 Å². The highest BCUT2D eigenvalue weighted by molar-refractivity contribution is 7.80. The van der Waals surface area contributed by atoms with Gasteiger partial charge >= 0.3 is 0 Å². The Morgan fingerprint density at radius 1 is 1.09 bits per heavy atom. The van der Waals surface area contributed by atoms with Crippen LogP contribution in [0.25, 0.3) is 17.0 Å². The number of allylic oxidation sites excluding steroid dienone is 1. The van der Waals surface area contributed by atoms with Crippen LogP contribution in [0.4, 0.5) is 4.39 Å². The van der Waals surface area contributed by atoms with Gasteiger partial charge in [0.15, 0.2) is 5.11 Å². The lowest BCUT2D eigenvalue weighted by molar-refractivity contribution is 0.395. The van der Waals surface area contributed by atoms with Gasteiger partial charge in [0.2, 0.25) is 5.82 Å². The molecule has 4 rings (SSSR count). The second-order valence-electron chi connectivity index (χ2n) is 7.91. The summed E-state index contributed by atoms with van der Waals surface area (Å²) >= 11 is 5.72. The molecule has 0 spiro atoms. The predicted molar refractivity (Wildman–Crippen MR) is 128 cm³/mol. The van der Waals surface area contributed by atoms with Gasteiger partial charge < -0.3 is 14.7 Å². The standard InChI is InChI=1S/C25H27FN4OS/c1-4-6-15-30-16(3)21(22(27-25(30)32)18-9-7-17(5-2)8-10-18)24-28-23(29-31-24)19-11-13-20(26)14-12-19/h7-14,22H,4-6,15H2,1-3H3,(H,27,32). The third-order valence-corrected chi connectivity index (χ3v) is 6.15. The second kappa shape index (κ2) is 9.61. The zero-order valence-electron chi connectivity index (χ0n) is 18.6. The third kappa shape index (κ3) is 4.43. The van der Waals surface area contributed by atoms with E-state index >= 15 is 0 Å². The normalized spacial score (nSPS) is 16.4. The molecule has 166 valence electrons. The van der Waals surface area contributed by atoms with E-state index in [1.165, 1.54) is 17.7 Å². The number of rotatable bonds is 7. The minimum absolute atomic E-state index is 0.201. The fraction of sp³-hybridized carbons (Fsp3) is 0.320. The van der Waals surface area contributed by atoms with Crippen LogP contribution in [0.3, 0.4) is 0 Å². The first-order valence-electron chi connectivity index (χ1n) is 11.0. The summed E-state index contributed by atoms with van der Waals surface area (Å²) in [7, 11) is 0. The topological polar surface area (TPSA) is 54.2 Å². The van der Waals surface area contributed by atoms with Crippen molar-refractivity contribution in [3.8, 4) is 11.4 Å². The molecule has 2 heterocycles. The molecule has 0 saturated heterocycles. The number of thiocarbonyl (C=S) groups is 1. The first-order chi connectivity index (χ1) is 15.5. The first-order valence-corrected chi connectivity index (χ1v) is 11.4. The highest BCUT2D eigenvalue weighted by Gasteiger charge is 2.33. The van der Waals surface area contributed by atoms with Crippen molar-refractivity contribution in [2.75, 3.05) is 6.54 Å². The Morgan fingerprint density at radius 2 is 1.81 bits per heavy atom. The van der Waals surface area contributed by atoms with Crippen molar-refractivity contribution in [3.05, 3.63) is 77.1 Å². The molecule has 1 atom stereocenters. The largest absolute Gasteiger partial charge is 0.351 e. The van der Waals surface area contributed by atoms with Gasteiger partial charge in [-0.2, -0.15) is 4.98 Å². The van der Waals surface area contributed by atoms with Crippen LogP contribution in [-0.4, -0.2) is 26.7 Å². The molecule has 0 bridgehead atoms. The van der Waals surface area contributed by atoms with Gasteiger partial charge in [-0.15, -0.1) is 0 Å². The Hall–Kier alpha value is -3.06. The molecule has 1 aromatic heterocycles. The summed E-state index contributed by atoms with van der Waals surface area (Å²) < 4.78 is 19.0. The van der Waals surface area contributed by atoms with Crippen LogP contribution < -0.4 is 5.32 Å². The van der Waals surface area contributed by atoms with Gasteiger partial charge in [-0.1, -0.05) is 49.7 Å². The average molecular weight is 451 g/mol. The van der Waals surface area contributed by atoms with Crippen molar-refractivity contribution in [3.63, 3.8) is 0 Å². The maximum absolute atomic E-state index is 13.3. The van der Waals surface area contributed by atoms with Crippen LogP contribution >= 0.6 is 12.2 Å². The van der Waals surface area contributed by atoms with Gasteiger partial charge in [0, 0.05) is 17.8 Å². The van der Waals surface area contributed by atoms with Crippen LogP contribution in [0.5, 0.6) is 0 Å². The van der Waals surface area contributed by atoms with Crippen LogP contribution in [-0.2, 0) is 6.42 Å². The third-order valence-electron chi connectivity index (χ3n) is 5.81. The van der Waals surface area contributed by atoms with Crippen molar-refractivity contribution >= 4 is 22.9 Å². The summed E-state index contributed by atoms with van der Waals surface area (Å²) in [6.07, 6.45) is 3.07. The maximum atomic E-state index is 13.3. The summed E-state index contributed by atoms with van der Waals surface area (Å²) in [6, 6.07) is 14.4. The van der Waals surface area contributed by atoms with Crippen molar-refractivity contribution < 1.29 is 8.91 Å². The molecule has 1 aliphatic heterocycles. The number of halogens is 1. The van der Waals surface area contributed by atoms with Crippen LogP contribution in [0, 0.1) is 5.82 Å². The van der Waals surface area contributed by atoms with E-state index in [0.717, 1.165) is 42.6 Å². The van der Waals surface area contributed by atoms with Crippen LogP contribution in [0.15, 0.2) is 58.8 Å². The van der Waals surface area contributed by atoms with Crippen LogP contribution in [0.2, 0.25) is 0 Å². The molecule has 0 radical (unpaired) electrons. The number of aryl methyl sites for hydroxylation is 1. The van der Waals surface area contributed by atoms with Crippen molar-refractivity contribution in [2.45, 2.75) is 46.1 Å². The number of hydrogen-bond donors (Lipinski definition) is 1. The Bertz CT molecular complexity index is 1120. The van der Waals surface area contributed by atoms with Crippen molar-refractivity contribution in [2.24, 2.45) is 0 Å². The molecule has 0 aliphatic carbocycles. The fourth-order valence-corrected chi connectivity index (χ4v) is 4.23. The van der Waals surface area contributed by atoms with Gasteiger partial charge in [-0.3, -0.25) is 0 Å².